The summed E-state index contributed by atoms with van der Waals surface area (Å²) in [6, 6.07) is 11.8. The molecule has 1 N–H and O–H groups in total. The van der Waals surface area contributed by atoms with Crippen LogP contribution < -0.4 is 9.62 Å². The molecule has 0 atom stereocenters. The molecule has 158 valence electrons. The van der Waals surface area contributed by atoms with Crippen LogP contribution in [0, 0.1) is 13.8 Å². The second kappa shape index (κ2) is 9.89. The van der Waals surface area contributed by atoms with E-state index in [1.165, 1.54) is 11.4 Å². The van der Waals surface area contributed by atoms with Crippen molar-refractivity contribution in [3.8, 4) is 0 Å². The van der Waals surface area contributed by atoms with Gasteiger partial charge in [0.2, 0.25) is 0 Å². The topological polar surface area (TPSA) is 75.7 Å². The smallest absolute Gasteiger partial charge is 0.264 e. The fourth-order valence-electron chi connectivity index (χ4n) is 2.84. The number of ether oxygens (including phenoxy) is 1. The number of anilines is 1. The van der Waals surface area contributed by atoms with Crippen molar-refractivity contribution in [1.29, 1.82) is 0 Å². The van der Waals surface area contributed by atoms with Gasteiger partial charge in [0, 0.05) is 25.8 Å². The maximum Gasteiger partial charge on any atom is 0.264 e. The summed E-state index contributed by atoms with van der Waals surface area (Å²) < 4.78 is 32.5. The molecule has 0 unspecified atom stereocenters. The van der Waals surface area contributed by atoms with Crippen LogP contribution in [0.25, 0.3) is 0 Å². The predicted octanol–water partition coefficient (Wildman–Crippen LogP) is 3.67. The number of rotatable bonds is 9. The van der Waals surface area contributed by atoms with Gasteiger partial charge in [-0.15, -0.1) is 0 Å². The molecule has 0 aromatic heterocycles. The minimum atomic E-state index is -3.67. The Balaban J connectivity index is 2.08. The number of nitrogens with one attached hydrogen (secondary N) is 1. The number of sulfonamides is 1. The highest BCUT2D eigenvalue weighted by atomic mass is 32.2. The summed E-state index contributed by atoms with van der Waals surface area (Å²) in [5.74, 6) is -0.187. The van der Waals surface area contributed by atoms with Crippen LogP contribution >= 0.6 is 0 Å². The molecule has 0 aliphatic carbocycles. The van der Waals surface area contributed by atoms with Crippen molar-refractivity contribution in [3.05, 3.63) is 59.2 Å². The SMILES string of the molecule is Cc1ccc(S(=O)(=O)N(C)c2ccc(C(=O)NCCCOC(C)C)cc2C)cc1. The van der Waals surface area contributed by atoms with E-state index in [2.05, 4.69) is 5.32 Å². The standard InChI is InChI=1S/C22H30N2O4S/c1-16(2)28-14-6-13-23-22(25)19-9-12-21(18(4)15-19)24(5)29(26,27)20-10-7-17(3)8-11-20/h7-12,15-16H,6,13-14H2,1-5H3,(H,23,25). The van der Waals surface area contributed by atoms with Crippen LogP contribution in [0.2, 0.25) is 0 Å². The second-order valence-electron chi connectivity index (χ2n) is 7.32. The summed E-state index contributed by atoms with van der Waals surface area (Å²) >= 11 is 0. The van der Waals surface area contributed by atoms with Gasteiger partial charge in [-0.3, -0.25) is 9.10 Å². The number of aryl methyl sites for hydroxylation is 2. The summed E-state index contributed by atoms with van der Waals surface area (Å²) in [4.78, 5) is 12.6. The largest absolute Gasteiger partial charge is 0.379 e. The third-order valence-electron chi connectivity index (χ3n) is 4.54. The Hall–Kier alpha value is -2.38. The Morgan fingerprint density at radius 1 is 1.10 bits per heavy atom. The van der Waals surface area contributed by atoms with Crippen LogP contribution in [0.15, 0.2) is 47.4 Å². The molecule has 0 aliphatic rings. The molecule has 1 amide bonds. The molecule has 0 saturated carbocycles. The molecule has 0 radical (unpaired) electrons. The van der Waals surface area contributed by atoms with E-state index in [4.69, 9.17) is 4.74 Å². The zero-order valence-corrected chi connectivity index (χ0v) is 18.5. The minimum Gasteiger partial charge on any atom is -0.379 e. The maximum atomic E-state index is 12.9. The average Bonchev–Trinajstić information content (AvgIpc) is 2.67. The Labute approximate surface area is 173 Å². The van der Waals surface area contributed by atoms with Gasteiger partial charge in [0.05, 0.1) is 16.7 Å². The lowest BCUT2D eigenvalue weighted by atomic mass is 10.1. The lowest BCUT2D eigenvalue weighted by Gasteiger charge is -2.22. The first-order valence-electron chi connectivity index (χ1n) is 9.69. The van der Waals surface area contributed by atoms with Gasteiger partial charge >= 0.3 is 0 Å². The van der Waals surface area contributed by atoms with E-state index < -0.39 is 10.0 Å². The molecule has 2 rings (SSSR count). The molecule has 2 aromatic carbocycles. The minimum absolute atomic E-state index is 0.175. The van der Waals surface area contributed by atoms with Crippen LogP contribution in [0.1, 0.15) is 41.8 Å². The van der Waals surface area contributed by atoms with E-state index in [9.17, 15) is 13.2 Å². The molecule has 7 heteroatoms. The predicted molar refractivity (Wildman–Crippen MR) is 116 cm³/mol. The number of nitrogens with zero attached hydrogens (tertiary/aromatic N) is 1. The molecular formula is C22H30N2O4S. The molecule has 0 aliphatic heterocycles. The molecule has 2 aromatic rings. The van der Waals surface area contributed by atoms with Crippen molar-refractivity contribution < 1.29 is 17.9 Å². The molecule has 0 fully saturated rings. The summed E-state index contributed by atoms with van der Waals surface area (Å²) in [5.41, 5.74) is 2.73. The third-order valence-corrected chi connectivity index (χ3v) is 6.32. The van der Waals surface area contributed by atoms with Gasteiger partial charge in [-0.25, -0.2) is 8.42 Å². The molecule has 6 nitrogen and oxygen atoms in total. The summed E-state index contributed by atoms with van der Waals surface area (Å²) in [7, 11) is -2.15. The van der Waals surface area contributed by atoms with Gasteiger partial charge in [-0.1, -0.05) is 17.7 Å². The maximum absolute atomic E-state index is 12.9. The molecule has 0 saturated heterocycles. The van der Waals surface area contributed by atoms with Crippen molar-refractivity contribution in [2.45, 2.75) is 45.1 Å². The van der Waals surface area contributed by atoms with Crippen molar-refractivity contribution in [2.75, 3.05) is 24.5 Å². The van der Waals surface area contributed by atoms with E-state index in [1.807, 2.05) is 20.8 Å². The highest BCUT2D eigenvalue weighted by molar-refractivity contribution is 7.92. The number of hydrogen-bond donors (Lipinski definition) is 1. The summed E-state index contributed by atoms with van der Waals surface area (Å²) in [6.45, 7) is 8.76. The first kappa shape index (κ1) is 22.9. The van der Waals surface area contributed by atoms with Gasteiger partial charge in [-0.05, 0) is 70.0 Å². The Morgan fingerprint density at radius 3 is 2.34 bits per heavy atom. The molecule has 0 heterocycles. The van der Waals surface area contributed by atoms with Crippen LogP contribution in [0.5, 0.6) is 0 Å². The number of carbonyl (C=O) groups excluding carboxylic acids is 1. The van der Waals surface area contributed by atoms with Gasteiger partial charge in [0.15, 0.2) is 0 Å². The number of hydrogen-bond acceptors (Lipinski definition) is 4. The monoisotopic (exact) mass is 418 g/mol. The summed E-state index contributed by atoms with van der Waals surface area (Å²) in [5, 5.41) is 2.86. The average molecular weight is 419 g/mol. The second-order valence-corrected chi connectivity index (χ2v) is 9.29. The first-order valence-corrected chi connectivity index (χ1v) is 11.1. The zero-order chi connectivity index (χ0) is 21.6. The third kappa shape index (κ3) is 6.05. The molecule has 29 heavy (non-hydrogen) atoms. The summed E-state index contributed by atoms with van der Waals surface area (Å²) in [6.07, 6.45) is 0.910. The van der Waals surface area contributed by atoms with Crippen molar-refractivity contribution in [2.24, 2.45) is 0 Å². The van der Waals surface area contributed by atoms with E-state index in [0.717, 1.165) is 12.0 Å². The lowest BCUT2D eigenvalue weighted by molar-refractivity contribution is 0.0757. The first-order chi connectivity index (χ1) is 13.6. The molecule has 0 spiro atoms. The molecular weight excluding hydrogens is 388 g/mol. The number of benzene rings is 2. The van der Waals surface area contributed by atoms with Crippen molar-refractivity contribution in [1.82, 2.24) is 5.32 Å². The lowest BCUT2D eigenvalue weighted by Crippen LogP contribution is -2.28. The van der Waals surface area contributed by atoms with Gasteiger partial charge < -0.3 is 10.1 Å². The van der Waals surface area contributed by atoms with Crippen LogP contribution in [-0.2, 0) is 14.8 Å². The fourth-order valence-corrected chi connectivity index (χ4v) is 4.10. The highest BCUT2D eigenvalue weighted by Gasteiger charge is 2.22. The van der Waals surface area contributed by atoms with Crippen molar-refractivity contribution in [3.63, 3.8) is 0 Å². The van der Waals surface area contributed by atoms with E-state index in [1.54, 1.807) is 49.4 Å². The number of carbonyl (C=O) groups is 1. The van der Waals surface area contributed by atoms with Gasteiger partial charge in [0.1, 0.15) is 0 Å². The van der Waals surface area contributed by atoms with Crippen LogP contribution in [-0.4, -0.2) is 40.6 Å². The molecule has 0 bridgehead atoms. The zero-order valence-electron chi connectivity index (χ0n) is 17.7. The van der Waals surface area contributed by atoms with Crippen LogP contribution in [0.4, 0.5) is 5.69 Å². The van der Waals surface area contributed by atoms with E-state index in [0.29, 0.717) is 30.0 Å². The van der Waals surface area contributed by atoms with Crippen LogP contribution in [0.3, 0.4) is 0 Å². The van der Waals surface area contributed by atoms with E-state index >= 15 is 0 Å². The Morgan fingerprint density at radius 2 is 1.76 bits per heavy atom. The van der Waals surface area contributed by atoms with Crippen molar-refractivity contribution >= 4 is 21.6 Å². The highest BCUT2D eigenvalue weighted by Crippen LogP contribution is 2.26. The Bertz CT molecular complexity index is 938. The normalized spacial score (nSPS) is 11.5. The fraction of sp³-hybridized carbons (Fsp3) is 0.409. The quantitative estimate of drug-likeness (QED) is 0.631. The Kier molecular flexibility index (Phi) is 7.81. The van der Waals surface area contributed by atoms with E-state index in [-0.39, 0.29) is 16.9 Å². The van der Waals surface area contributed by atoms with Gasteiger partial charge in [-0.2, -0.15) is 0 Å². The van der Waals surface area contributed by atoms with Gasteiger partial charge in [0.25, 0.3) is 15.9 Å². The number of amides is 1.